The topological polar surface area (TPSA) is 29.5 Å². The van der Waals surface area contributed by atoms with Crippen molar-refractivity contribution in [2.45, 2.75) is 32.3 Å². The van der Waals surface area contributed by atoms with E-state index in [1.54, 1.807) is 13.2 Å². The highest BCUT2D eigenvalue weighted by molar-refractivity contribution is 5.40. The van der Waals surface area contributed by atoms with Crippen molar-refractivity contribution in [1.29, 1.82) is 0 Å². The summed E-state index contributed by atoms with van der Waals surface area (Å²) >= 11 is 0. The van der Waals surface area contributed by atoms with E-state index in [0.717, 1.165) is 0 Å². The van der Waals surface area contributed by atoms with Crippen molar-refractivity contribution in [1.82, 2.24) is 0 Å². The molecule has 94 valence electrons. The van der Waals surface area contributed by atoms with Crippen LogP contribution in [0.15, 0.2) is 18.2 Å². The van der Waals surface area contributed by atoms with E-state index in [-0.39, 0.29) is 5.82 Å². The molecule has 0 bridgehead atoms. The lowest BCUT2D eigenvalue weighted by atomic mass is 9.63. The molecule has 2 nitrogen and oxygen atoms in total. The summed E-state index contributed by atoms with van der Waals surface area (Å²) in [7, 11) is 1.54. The molecule has 2 rings (SSSR count). The van der Waals surface area contributed by atoms with Gasteiger partial charge < -0.3 is 9.84 Å². The SMILES string of the molecule is COc1ccc(F)cc1C1(O)CC(C(C)C)C1. The first-order valence-corrected chi connectivity index (χ1v) is 6.02. The predicted octanol–water partition coefficient (Wildman–Crippen LogP) is 3.09. The van der Waals surface area contributed by atoms with E-state index in [9.17, 15) is 9.50 Å². The Bertz CT molecular complexity index is 409. The van der Waals surface area contributed by atoms with Crippen LogP contribution in [0.5, 0.6) is 5.75 Å². The van der Waals surface area contributed by atoms with Gasteiger partial charge in [-0.15, -0.1) is 0 Å². The fraction of sp³-hybridized carbons (Fsp3) is 0.571. The third kappa shape index (κ3) is 2.16. The van der Waals surface area contributed by atoms with Crippen molar-refractivity contribution < 1.29 is 14.2 Å². The van der Waals surface area contributed by atoms with E-state index in [0.29, 0.717) is 36.0 Å². The molecule has 0 aliphatic heterocycles. The van der Waals surface area contributed by atoms with E-state index < -0.39 is 5.60 Å². The zero-order valence-electron chi connectivity index (χ0n) is 10.5. The standard InChI is InChI=1S/C14H19FO2/c1-9(2)10-7-14(16,8-10)12-6-11(15)4-5-13(12)17-3/h4-6,9-10,16H,7-8H2,1-3H3. The molecule has 1 fully saturated rings. The van der Waals surface area contributed by atoms with Gasteiger partial charge in [-0.1, -0.05) is 13.8 Å². The Labute approximate surface area is 101 Å². The lowest BCUT2D eigenvalue weighted by Crippen LogP contribution is -2.43. The number of rotatable bonds is 3. The van der Waals surface area contributed by atoms with Crippen LogP contribution in [0.1, 0.15) is 32.3 Å². The highest BCUT2D eigenvalue weighted by Gasteiger charge is 2.46. The summed E-state index contributed by atoms with van der Waals surface area (Å²) in [6.07, 6.45) is 1.37. The lowest BCUT2D eigenvalue weighted by molar-refractivity contribution is -0.0947. The van der Waals surface area contributed by atoms with Crippen LogP contribution in [0, 0.1) is 17.7 Å². The molecule has 0 saturated heterocycles. The molecule has 1 aliphatic rings. The summed E-state index contributed by atoms with van der Waals surface area (Å²) < 4.78 is 18.5. The molecule has 0 spiro atoms. The highest BCUT2D eigenvalue weighted by atomic mass is 19.1. The van der Waals surface area contributed by atoms with Gasteiger partial charge in [-0.3, -0.25) is 0 Å². The number of ether oxygens (including phenoxy) is 1. The van der Waals surface area contributed by atoms with Gasteiger partial charge in [0.15, 0.2) is 0 Å². The van der Waals surface area contributed by atoms with Crippen LogP contribution < -0.4 is 4.74 Å². The van der Waals surface area contributed by atoms with Gasteiger partial charge in [0.2, 0.25) is 0 Å². The van der Waals surface area contributed by atoms with Gasteiger partial charge in [0.1, 0.15) is 11.6 Å². The minimum atomic E-state index is -0.914. The van der Waals surface area contributed by atoms with Gasteiger partial charge in [-0.05, 0) is 42.9 Å². The molecule has 17 heavy (non-hydrogen) atoms. The third-order valence-corrected chi connectivity index (χ3v) is 3.81. The molecule has 0 radical (unpaired) electrons. The number of benzene rings is 1. The van der Waals surface area contributed by atoms with Crippen LogP contribution in [-0.4, -0.2) is 12.2 Å². The van der Waals surface area contributed by atoms with E-state index >= 15 is 0 Å². The van der Waals surface area contributed by atoms with Crippen LogP contribution >= 0.6 is 0 Å². The maximum Gasteiger partial charge on any atom is 0.125 e. The highest BCUT2D eigenvalue weighted by Crippen LogP contribution is 2.51. The van der Waals surface area contributed by atoms with Crippen LogP contribution in [0.2, 0.25) is 0 Å². The van der Waals surface area contributed by atoms with Crippen molar-refractivity contribution >= 4 is 0 Å². The van der Waals surface area contributed by atoms with Crippen molar-refractivity contribution in [2.75, 3.05) is 7.11 Å². The monoisotopic (exact) mass is 238 g/mol. The fourth-order valence-corrected chi connectivity index (χ4v) is 2.54. The molecule has 0 heterocycles. The summed E-state index contributed by atoms with van der Waals surface area (Å²) in [5, 5.41) is 10.5. The first kappa shape index (κ1) is 12.4. The van der Waals surface area contributed by atoms with E-state index in [4.69, 9.17) is 4.74 Å². The maximum atomic E-state index is 13.3. The molecule has 0 amide bonds. The molecule has 1 saturated carbocycles. The van der Waals surface area contributed by atoms with Gasteiger partial charge >= 0.3 is 0 Å². The van der Waals surface area contributed by atoms with E-state index in [1.807, 2.05) is 0 Å². The number of hydrogen-bond donors (Lipinski definition) is 1. The van der Waals surface area contributed by atoms with Gasteiger partial charge in [0.05, 0.1) is 12.7 Å². The normalized spacial score (nSPS) is 28.0. The van der Waals surface area contributed by atoms with Crippen LogP contribution in [0.3, 0.4) is 0 Å². The number of halogens is 1. The predicted molar refractivity (Wildman–Crippen MR) is 64.4 cm³/mol. The minimum absolute atomic E-state index is 0.331. The van der Waals surface area contributed by atoms with Crippen molar-refractivity contribution in [2.24, 2.45) is 11.8 Å². The Hall–Kier alpha value is -1.09. The number of methoxy groups -OCH3 is 1. The summed E-state index contributed by atoms with van der Waals surface area (Å²) in [4.78, 5) is 0. The molecule has 1 N–H and O–H groups in total. The second kappa shape index (κ2) is 4.30. The fourth-order valence-electron chi connectivity index (χ4n) is 2.54. The third-order valence-electron chi connectivity index (χ3n) is 3.81. The van der Waals surface area contributed by atoms with Gasteiger partial charge in [-0.25, -0.2) is 4.39 Å². The van der Waals surface area contributed by atoms with Gasteiger partial charge in [0.25, 0.3) is 0 Å². The molecule has 1 aromatic rings. The summed E-state index contributed by atoms with van der Waals surface area (Å²) in [6.45, 7) is 4.29. The van der Waals surface area contributed by atoms with Crippen molar-refractivity contribution in [3.05, 3.63) is 29.6 Å². The maximum absolute atomic E-state index is 13.3. The minimum Gasteiger partial charge on any atom is -0.496 e. The molecule has 3 heteroatoms. The molecule has 0 aromatic heterocycles. The van der Waals surface area contributed by atoms with Gasteiger partial charge in [0, 0.05) is 5.56 Å². The van der Waals surface area contributed by atoms with Crippen LogP contribution in [0.25, 0.3) is 0 Å². The Kier molecular flexibility index (Phi) is 3.13. The number of aliphatic hydroxyl groups is 1. The summed E-state index contributed by atoms with van der Waals surface area (Å²) in [6, 6.07) is 4.31. The Balaban J connectivity index is 2.26. The zero-order chi connectivity index (χ0) is 12.6. The van der Waals surface area contributed by atoms with E-state index in [1.165, 1.54) is 12.1 Å². The van der Waals surface area contributed by atoms with Crippen molar-refractivity contribution in [3.8, 4) is 5.75 Å². The molecular weight excluding hydrogens is 219 g/mol. The second-order valence-corrected chi connectivity index (χ2v) is 5.29. The molecule has 0 unspecified atom stereocenters. The smallest absolute Gasteiger partial charge is 0.125 e. The zero-order valence-corrected chi connectivity index (χ0v) is 10.5. The largest absolute Gasteiger partial charge is 0.496 e. The molecule has 1 aliphatic carbocycles. The first-order valence-electron chi connectivity index (χ1n) is 6.02. The molecule has 0 atom stereocenters. The number of hydrogen-bond acceptors (Lipinski definition) is 2. The second-order valence-electron chi connectivity index (χ2n) is 5.29. The Morgan fingerprint density at radius 1 is 1.41 bits per heavy atom. The van der Waals surface area contributed by atoms with Crippen LogP contribution in [-0.2, 0) is 5.60 Å². The average molecular weight is 238 g/mol. The summed E-state index contributed by atoms with van der Waals surface area (Å²) in [5.74, 6) is 1.29. The van der Waals surface area contributed by atoms with Crippen molar-refractivity contribution in [3.63, 3.8) is 0 Å². The lowest BCUT2D eigenvalue weighted by Gasteiger charge is -2.46. The van der Waals surface area contributed by atoms with E-state index in [2.05, 4.69) is 13.8 Å². The average Bonchev–Trinajstić information content (AvgIpc) is 2.24. The Morgan fingerprint density at radius 3 is 2.59 bits per heavy atom. The summed E-state index contributed by atoms with van der Waals surface area (Å²) in [5.41, 5.74) is -0.334. The van der Waals surface area contributed by atoms with Crippen LogP contribution in [0.4, 0.5) is 4.39 Å². The first-order chi connectivity index (χ1) is 7.96. The quantitative estimate of drug-likeness (QED) is 0.876. The molecular formula is C14H19FO2. The Morgan fingerprint density at radius 2 is 2.06 bits per heavy atom. The molecule has 1 aromatic carbocycles. The van der Waals surface area contributed by atoms with Gasteiger partial charge in [-0.2, -0.15) is 0 Å².